The summed E-state index contributed by atoms with van der Waals surface area (Å²) < 4.78 is 66.3. The van der Waals surface area contributed by atoms with E-state index in [9.17, 15) is 22.6 Å². The van der Waals surface area contributed by atoms with E-state index in [0.29, 0.717) is 18.8 Å². The number of rotatable bonds is 6. The van der Waals surface area contributed by atoms with Crippen molar-refractivity contribution in [3.05, 3.63) is 28.8 Å². The van der Waals surface area contributed by atoms with Crippen LogP contribution in [-0.2, 0) is 29.4 Å². The van der Waals surface area contributed by atoms with Gasteiger partial charge in [0, 0.05) is 17.5 Å². The van der Waals surface area contributed by atoms with Crippen LogP contribution in [0, 0.1) is 17.8 Å². The first-order valence-electron chi connectivity index (χ1n) is 10.4. The normalized spacial score (nSPS) is 39.9. The Kier molecular flexibility index (Phi) is 7.28. The first-order valence-corrected chi connectivity index (χ1v) is 12.7. The van der Waals surface area contributed by atoms with Crippen LogP contribution in [0.1, 0.15) is 37.7 Å². The molecule has 4 atom stereocenters. The number of alkyl halides is 4. The van der Waals surface area contributed by atoms with Crippen molar-refractivity contribution in [1.82, 2.24) is 0 Å². The SMILES string of the molecule is COP(=O)([O-])Oc1cc(C2(OCC(F)(F)F)OOC23C2CC4CC3CC(Cl)(C4)C2)ccc1Cl.[Na+]. The topological polar surface area (TPSA) is 86.3 Å². The van der Waals surface area contributed by atoms with Gasteiger partial charge in [-0.05, 0) is 62.0 Å². The summed E-state index contributed by atoms with van der Waals surface area (Å²) in [5, 5.41) is -0.0862. The Morgan fingerprint density at radius 2 is 1.85 bits per heavy atom. The molecule has 4 bridgehead atoms. The van der Waals surface area contributed by atoms with Crippen LogP contribution >= 0.6 is 31.0 Å². The molecule has 4 unspecified atom stereocenters. The molecule has 4 saturated carbocycles. The molecule has 5 aliphatic rings. The number of hydrogen-bond donors (Lipinski definition) is 0. The van der Waals surface area contributed by atoms with Crippen LogP contribution < -0.4 is 39.0 Å². The van der Waals surface area contributed by atoms with Crippen LogP contribution in [0.2, 0.25) is 5.02 Å². The fourth-order valence-electron chi connectivity index (χ4n) is 6.37. The van der Waals surface area contributed by atoms with Crippen molar-refractivity contribution in [2.24, 2.45) is 17.8 Å². The molecule has 4 aliphatic carbocycles. The van der Waals surface area contributed by atoms with E-state index >= 15 is 0 Å². The molecule has 1 aromatic carbocycles. The van der Waals surface area contributed by atoms with Gasteiger partial charge in [0.1, 0.15) is 12.4 Å². The molecule has 1 saturated heterocycles. The minimum Gasteiger partial charge on any atom is -0.746 e. The Bertz CT molecular complexity index is 999. The van der Waals surface area contributed by atoms with Crippen LogP contribution in [0.25, 0.3) is 0 Å². The quantitative estimate of drug-likeness (QED) is 0.230. The molecule has 0 aromatic heterocycles. The summed E-state index contributed by atoms with van der Waals surface area (Å²) in [5.41, 5.74) is -1.11. The number of ether oxygens (including phenoxy) is 1. The van der Waals surface area contributed by atoms with Crippen molar-refractivity contribution in [3.63, 3.8) is 0 Å². The van der Waals surface area contributed by atoms with Crippen molar-refractivity contribution in [1.29, 1.82) is 0 Å². The fourth-order valence-corrected chi connectivity index (χ4v) is 7.64. The summed E-state index contributed by atoms with van der Waals surface area (Å²) >= 11 is 12.9. The van der Waals surface area contributed by atoms with Gasteiger partial charge in [-0.3, -0.25) is 4.57 Å². The van der Waals surface area contributed by atoms with Gasteiger partial charge in [0.05, 0.1) is 5.02 Å². The smallest absolute Gasteiger partial charge is 0.746 e. The van der Waals surface area contributed by atoms with Crippen LogP contribution in [0.5, 0.6) is 5.75 Å². The zero-order chi connectivity index (χ0) is 23.9. The third kappa shape index (κ3) is 4.39. The predicted molar refractivity (Wildman–Crippen MR) is 107 cm³/mol. The molecule has 7 nitrogen and oxygen atoms in total. The summed E-state index contributed by atoms with van der Waals surface area (Å²) in [6.45, 7) is -1.59. The Labute approximate surface area is 226 Å². The van der Waals surface area contributed by atoms with Gasteiger partial charge in [-0.15, -0.1) is 11.6 Å². The van der Waals surface area contributed by atoms with Gasteiger partial charge >= 0.3 is 43.6 Å². The van der Waals surface area contributed by atoms with E-state index in [4.69, 9.17) is 42.2 Å². The molecule has 6 rings (SSSR count). The molecule has 0 radical (unpaired) electrons. The van der Waals surface area contributed by atoms with E-state index < -0.39 is 36.9 Å². The van der Waals surface area contributed by atoms with Crippen molar-refractivity contribution in [2.45, 2.75) is 54.5 Å². The van der Waals surface area contributed by atoms with Gasteiger partial charge in [-0.1, -0.05) is 17.7 Å². The van der Waals surface area contributed by atoms with E-state index in [2.05, 4.69) is 4.52 Å². The van der Waals surface area contributed by atoms with Gasteiger partial charge in [-0.2, -0.15) is 18.1 Å². The van der Waals surface area contributed by atoms with E-state index in [-0.39, 0.29) is 57.7 Å². The molecule has 0 amide bonds. The van der Waals surface area contributed by atoms with Gasteiger partial charge in [0.25, 0.3) is 5.79 Å². The zero-order valence-corrected chi connectivity index (χ0v) is 22.8. The number of hydrogen-bond acceptors (Lipinski definition) is 7. The fraction of sp³-hybridized carbons (Fsp3) is 0.700. The third-order valence-electron chi connectivity index (χ3n) is 7.32. The monoisotopic (exact) mass is 554 g/mol. The van der Waals surface area contributed by atoms with Crippen molar-refractivity contribution in [2.75, 3.05) is 13.7 Å². The molecule has 1 aliphatic heterocycles. The maximum Gasteiger partial charge on any atom is 1.00 e. The number of phosphoric ester groups is 1. The Balaban J connectivity index is 0.00000274. The number of benzene rings is 1. The van der Waals surface area contributed by atoms with E-state index in [1.807, 2.05) is 0 Å². The maximum atomic E-state index is 13.3. The third-order valence-corrected chi connectivity index (χ3v) is 8.97. The maximum absolute atomic E-state index is 13.3. The minimum absolute atomic E-state index is 0. The van der Waals surface area contributed by atoms with E-state index in [1.165, 1.54) is 18.2 Å². The molecule has 14 heteroatoms. The van der Waals surface area contributed by atoms with Gasteiger partial charge in [-0.25, -0.2) is 4.89 Å². The summed E-state index contributed by atoms with van der Waals surface area (Å²) in [5.74, 6) is -2.32. The second kappa shape index (κ2) is 9.02. The van der Waals surface area contributed by atoms with Gasteiger partial charge in [0.15, 0.2) is 5.60 Å². The average Bonchev–Trinajstić information content (AvgIpc) is 2.67. The molecule has 1 aromatic rings. The molecule has 184 valence electrons. The number of halogens is 5. The van der Waals surface area contributed by atoms with Gasteiger partial charge < -0.3 is 18.7 Å². The first-order chi connectivity index (χ1) is 15.3. The van der Waals surface area contributed by atoms with Crippen LogP contribution in [0.4, 0.5) is 13.2 Å². The Morgan fingerprint density at radius 1 is 1.21 bits per heavy atom. The van der Waals surface area contributed by atoms with Crippen molar-refractivity contribution >= 4 is 31.0 Å². The minimum atomic E-state index is -4.74. The summed E-state index contributed by atoms with van der Waals surface area (Å²) in [6, 6.07) is 3.91. The predicted octanol–water partition coefficient (Wildman–Crippen LogP) is 2.09. The Hall–Kier alpha value is 0.420. The zero-order valence-electron chi connectivity index (χ0n) is 18.4. The van der Waals surface area contributed by atoms with E-state index in [1.54, 1.807) is 0 Å². The van der Waals surface area contributed by atoms with Crippen LogP contribution in [0.3, 0.4) is 0 Å². The second-order valence-corrected chi connectivity index (χ2v) is 12.0. The standard InChI is InChI=1S/C20H22Cl2F3O7P.Na/c1-28-33(26,27)30-16-6-12(2-3-15(16)21)20(29-10-18(23,24)25)19(31-32-20)13-4-11-5-14(19)9-17(22,7-11)8-13;/h2-3,6,11,13-14H,4-5,7-10H2,1H3,(H,26,27);/q;+1/p-1. The average molecular weight is 555 g/mol. The van der Waals surface area contributed by atoms with Crippen LogP contribution in [-0.4, -0.2) is 30.4 Å². The molecule has 0 N–H and O–H groups in total. The molecule has 34 heavy (non-hydrogen) atoms. The molecule has 1 spiro atoms. The van der Waals surface area contributed by atoms with E-state index in [0.717, 1.165) is 26.4 Å². The Morgan fingerprint density at radius 3 is 2.35 bits per heavy atom. The molecular formula is C20H21Cl2F3NaO7P. The second-order valence-electron chi connectivity index (χ2n) is 9.34. The van der Waals surface area contributed by atoms with Crippen LogP contribution in [0.15, 0.2) is 18.2 Å². The first kappa shape index (κ1) is 27.5. The van der Waals surface area contributed by atoms with Crippen molar-refractivity contribution in [3.8, 4) is 5.75 Å². The largest absolute Gasteiger partial charge is 1.00 e. The molecule has 1 heterocycles. The molecular weight excluding hydrogens is 534 g/mol. The van der Waals surface area contributed by atoms with Crippen molar-refractivity contribution < 1.29 is 75.7 Å². The summed E-state index contributed by atoms with van der Waals surface area (Å²) in [6.07, 6.45) is -1.22. The number of phosphoric acid groups is 1. The summed E-state index contributed by atoms with van der Waals surface area (Å²) in [7, 11) is -3.83. The summed E-state index contributed by atoms with van der Waals surface area (Å²) in [4.78, 5) is 22.5. The van der Waals surface area contributed by atoms with Gasteiger partial charge in [0.2, 0.25) is 0 Å². The molecule has 5 fully saturated rings.